The fourth-order valence-electron chi connectivity index (χ4n) is 11.8. The molecule has 23 nitrogen and oxygen atoms in total. The smallest absolute Gasteiger partial charge is 0.407 e. The van der Waals surface area contributed by atoms with Gasteiger partial charge in [-0.25, -0.2) is 44.7 Å². The van der Waals surface area contributed by atoms with Crippen LogP contribution in [0.4, 0.5) is 21.9 Å². The Morgan fingerprint density at radius 2 is 0.889 bits per heavy atom. The molecule has 3 aliphatic heterocycles. The molecule has 6 aromatic carbocycles. The monoisotopic (exact) mass is 1410 g/mol. The van der Waals surface area contributed by atoms with Crippen LogP contribution in [0.1, 0.15) is 80.9 Å². The number of fused-ring (bicyclic) bond motifs is 4. The van der Waals surface area contributed by atoms with Gasteiger partial charge in [-0.15, -0.1) is 0 Å². The summed E-state index contributed by atoms with van der Waals surface area (Å²) in [6, 6.07) is 31.9. The van der Waals surface area contributed by atoms with Gasteiger partial charge in [-0.2, -0.15) is 0 Å². The number of ether oxygens (including phenoxy) is 9. The first-order valence-corrected chi connectivity index (χ1v) is 34.3. The summed E-state index contributed by atoms with van der Waals surface area (Å²) in [7, 11) is 3.32. The van der Waals surface area contributed by atoms with E-state index in [1.54, 1.807) is 32.7 Å². The van der Waals surface area contributed by atoms with Crippen LogP contribution in [0, 0.1) is 27.7 Å². The number of carbonyl (C=O) groups is 1. The van der Waals surface area contributed by atoms with Crippen molar-refractivity contribution in [3.05, 3.63) is 161 Å². The summed E-state index contributed by atoms with van der Waals surface area (Å²) in [5, 5.41) is 16.5. The zero-order valence-corrected chi connectivity index (χ0v) is 59.3. The SMILES string of the molecule is COc1ccc(COc2cc(Br)cc3nc(C)ncc23)cc1.COc1ccc(COc2cc(N3CCOCC3)cc3nc(C)ncc23)cc1.Cc1ncc2c(O)cc(N3CCOCC3)cc2n1.Cc1ncc2c(OC3CCC(NC(=O)OC(C)(C)C)CC3)cc(N3CCOCC3)cc2n1. The number of hydrogen-bond donors (Lipinski definition) is 2. The molecule has 4 aromatic heterocycles. The molecule has 10 aromatic rings. The molecule has 1 saturated carbocycles. The first-order chi connectivity index (χ1) is 47.9. The highest BCUT2D eigenvalue weighted by Gasteiger charge is 2.27. The molecule has 1 amide bonds. The fraction of sp³-hybridized carbons (Fsp3) is 0.400. The Morgan fingerprint density at radius 3 is 1.31 bits per heavy atom. The molecule has 24 heteroatoms. The number of anilines is 3. The quantitative estimate of drug-likeness (QED) is 0.103. The van der Waals surface area contributed by atoms with E-state index in [9.17, 15) is 9.90 Å². The van der Waals surface area contributed by atoms with Crippen molar-refractivity contribution in [2.75, 3.05) is 108 Å². The van der Waals surface area contributed by atoms with Gasteiger partial charge in [-0.1, -0.05) is 40.2 Å². The van der Waals surface area contributed by atoms with Gasteiger partial charge in [0.15, 0.2) is 0 Å². The third kappa shape index (κ3) is 19.7. The second-order valence-corrected chi connectivity index (χ2v) is 26.4. The van der Waals surface area contributed by atoms with E-state index in [0.29, 0.717) is 24.4 Å². The Bertz CT molecular complexity index is 4350. The second-order valence-electron chi connectivity index (χ2n) is 25.5. The van der Waals surface area contributed by atoms with E-state index < -0.39 is 5.60 Å². The number of hydrogen-bond acceptors (Lipinski definition) is 22. The molecule has 0 atom stereocenters. The number of morpholine rings is 3. The van der Waals surface area contributed by atoms with Crippen LogP contribution in [0.3, 0.4) is 0 Å². The molecule has 2 N–H and O–H groups in total. The lowest BCUT2D eigenvalue weighted by atomic mass is 9.93. The van der Waals surface area contributed by atoms with Crippen molar-refractivity contribution in [3.63, 3.8) is 0 Å². The molecule has 1 aliphatic carbocycles. The largest absolute Gasteiger partial charge is 0.507 e. The topological polar surface area (TPSA) is 245 Å². The van der Waals surface area contributed by atoms with E-state index in [2.05, 4.69) is 100 Å². The average molecular weight is 1410 g/mol. The van der Waals surface area contributed by atoms with Crippen LogP contribution in [0.15, 0.2) is 126 Å². The second kappa shape index (κ2) is 33.4. The minimum atomic E-state index is -0.489. The molecular weight excluding hydrogens is 1320 g/mol. The number of nitrogens with one attached hydrogen (secondary N) is 1. The van der Waals surface area contributed by atoms with E-state index in [4.69, 9.17) is 42.6 Å². The maximum absolute atomic E-state index is 12.1. The first kappa shape index (κ1) is 70.8. The Labute approximate surface area is 585 Å². The number of aryl methyl sites for hydroxylation is 4. The van der Waals surface area contributed by atoms with E-state index >= 15 is 0 Å². The lowest BCUT2D eigenvalue weighted by Gasteiger charge is -2.32. The van der Waals surface area contributed by atoms with E-state index in [0.717, 1.165) is 222 Å². The molecule has 99 heavy (non-hydrogen) atoms. The Morgan fingerprint density at radius 1 is 0.515 bits per heavy atom. The Hall–Kier alpha value is -9.49. The summed E-state index contributed by atoms with van der Waals surface area (Å²) in [5.74, 6) is 7.24. The predicted octanol–water partition coefficient (Wildman–Crippen LogP) is 13.1. The van der Waals surface area contributed by atoms with Crippen LogP contribution in [-0.4, -0.2) is 162 Å². The number of aromatic nitrogens is 8. The van der Waals surface area contributed by atoms with Crippen LogP contribution in [0.2, 0.25) is 0 Å². The average Bonchev–Trinajstić information content (AvgIpc) is 0.825. The highest BCUT2D eigenvalue weighted by atomic mass is 79.9. The van der Waals surface area contributed by atoms with Crippen molar-refractivity contribution in [2.24, 2.45) is 0 Å². The van der Waals surface area contributed by atoms with Crippen molar-refractivity contribution in [3.8, 4) is 34.5 Å². The molecule has 0 unspecified atom stereocenters. The summed E-state index contributed by atoms with van der Waals surface area (Å²) in [4.78, 5) is 54.0. The number of alkyl carbamates (subject to hydrolysis) is 1. The number of nitrogens with zero attached hydrogens (tertiary/aromatic N) is 11. The lowest BCUT2D eigenvalue weighted by Crippen LogP contribution is -2.42. The molecule has 3 saturated heterocycles. The van der Waals surface area contributed by atoms with E-state index in [-0.39, 0.29) is 24.0 Å². The van der Waals surface area contributed by atoms with Crippen LogP contribution in [-0.2, 0) is 32.2 Å². The molecule has 520 valence electrons. The van der Waals surface area contributed by atoms with Gasteiger partial charge in [0, 0.05) is 110 Å². The number of methoxy groups -OCH3 is 2. The lowest BCUT2D eigenvalue weighted by molar-refractivity contribution is 0.0471. The van der Waals surface area contributed by atoms with Gasteiger partial charge in [0.1, 0.15) is 76.6 Å². The minimum Gasteiger partial charge on any atom is -0.507 e. The van der Waals surface area contributed by atoms with Crippen LogP contribution >= 0.6 is 15.9 Å². The molecule has 4 aliphatic rings. The van der Waals surface area contributed by atoms with Crippen LogP contribution in [0.5, 0.6) is 34.5 Å². The Kier molecular flexibility index (Phi) is 23.9. The van der Waals surface area contributed by atoms with Crippen LogP contribution in [0.25, 0.3) is 43.6 Å². The number of phenolic OH excluding ortho intramolecular Hbond substituents is 1. The standard InChI is InChI=1S/C24H34N4O4.C21H23N3O3.C17H15BrN2O2.C13H15N3O2/c1-16-25-15-20-21(26-16)13-18(28-9-11-30-12-10-28)14-22(20)31-19-7-5-17(6-8-19)27-23(29)32-24(2,3)4;1-15-22-13-19-20(23-15)11-17(24-7-9-26-10-8-24)12-21(19)27-14-16-3-5-18(25-2)6-4-16;1-11-19-9-15-16(20-11)7-13(18)8-17(15)22-10-12-3-5-14(21-2)6-4-12;1-9-14-8-11-12(15-9)6-10(7-13(11)17)16-2-4-18-5-3-16/h13-15,17,19H,5-12H2,1-4H3,(H,27,29);3-6,11-13H,7-10,14H2,1-2H3;3-9H,10H2,1-2H3;6-8,17H,2-5H2,1H3. The molecular formula is C75H87BrN12O11. The van der Waals surface area contributed by atoms with Crippen molar-refractivity contribution in [1.82, 2.24) is 45.2 Å². The third-order valence-electron chi connectivity index (χ3n) is 17.0. The summed E-state index contributed by atoms with van der Waals surface area (Å²) in [6.45, 7) is 23.6. The van der Waals surface area contributed by atoms with Gasteiger partial charge in [0.2, 0.25) is 0 Å². The van der Waals surface area contributed by atoms with Crippen molar-refractivity contribution < 1.29 is 52.5 Å². The Balaban J connectivity index is 0.000000136. The highest BCUT2D eigenvalue weighted by molar-refractivity contribution is 9.10. The molecule has 14 rings (SSSR count). The molecule has 4 fully saturated rings. The highest BCUT2D eigenvalue weighted by Crippen LogP contribution is 2.37. The summed E-state index contributed by atoms with van der Waals surface area (Å²) in [6.07, 6.45) is 10.4. The third-order valence-corrected chi connectivity index (χ3v) is 17.4. The van der Waals surface area contributed by atoms with E-state index in [1.165, 1.54) is 0 Å². The summed E-state index contributed by atoms with van der Waals surface area (Å²) < 4.78 is 51.6. The van der Waals surface area contributed by atoms with Crippen molar-refractivity contribution in [1.29, 1.82) is 0 Å². The maximum atomic E-state index is 12.1. The molecule has 0 bridgehead atoms. The van der Waals surface area contributed by atoms with E-state index in [1.807, 2.05) is 128 Å². The van der Waals surface area contributed by atoms with Crippen LogP contribution < -0.4 is 43.7 Å². The number of rotatable bonds is 14. The molecule has 0 radical (unpaired) electrons. The summed E-state index contributed by atoms with van der Waals surface area (Å²) >= 11 is 3.50. The number of benzene rings is 6. The number of aromatic hydroxyl groups is 1. The van der Waals surface area contributed by atoms with Gasteiger partial charge in [0.25, 0.3) is 0 Å². The minimum absolute atomic E-state index is 0.0936. The molecule has 0 spiro atoms. The number of carbonyl (C=O) groups excluding carboxylic acids is 1. The van der Waals surface area contributed by atoms with Crippen molar-refractivity contribution >= 4 is 82.7 Å². The van der Waals surface area contributed by atoms with Gasteiger partial charge >= 0.3 is 6.09 Å². The zero-order chi connectivity index (χ0) is 69.4. The number of phenols is 1. The van der Waals surface area contributed by atoms with Gasteiger partial charge in [0.05, 0.1) is 104 Å². The van der Waals surface area contributed by atoms with Gasteiger partial charge in [-0.05, 0) is 140 Å². The number of amides is 1. The fourth-order valence-corrected chi connectivity index (χ4v) is 12.2. The van der Waals surface area contributed by atoms with Gasteiger partial charge < -0.3 is 67.8 Å². The predicted molar refractivity (Wildman–Crippen MR) is 386 cm³/mol. The number of halogens is 1. The zero-order valence-electron chi connectivity index (χ0n) is 57.8. The van der Waals surface area contributed by atoms with Gasteiger partial charge in [-0.3, -0.25) is 0 Å². The molecule has 7 heterocycles. The summed E-state index contributed by atoms with van der Waals surface area (Å²) in [5.41, 5.74) is 8.31. The first-order valence-electron chi connectivity index (χ1n) is 33.5. The maximum Gasteiger partial charge on any atom is 0.407 e. The normalized spacial score (nSPS) is 16.3. The van der Waals surface area contributed by atoms with Crippen molar-refractivity contribution in [2.45, 2.75) is 105 Å².